The van der Waals surface area contributed by atoms with Crippen molar-refractivity contribution < 1.29 is 4.74 Å². The van der Waals surface area contributed by atoms with Crippen molar-refractivity contribution in [3.05, 3.63) is 102 Å². The second-order valence-electron chi connectivity index (χ2n) is 8.83. The fraction of sp³-hybridized carbons (Fsp3) is 0.296. The average Bonchev–Trinajstić information content (AvgIpc) is 3.29. The summed E-state index contributed by atoms with van der Waals surface area (Å²) in [5, 5.41) is 7.47. The van der Waals surface area contributed by atoms with E-state index in [0.717, 1.165) is 50.4 Å². The van der Waals surface area contributed by atoms with Gasteiger partial charge in [-0.1, -0.05) is 78.9 Å². The van der Waals surface area contributed by atoms with Gasteiger partial charge in [0.05, 0.1) is 11.8 Å². The largest absolute Gasteiger partial charge is 0.466 e. The van der Waals surface area contributed by atoms with Gasteiger partial charge in [0.1, 0.15) is 5.75 Å². The van der Waals surface area contributed by atoms with Crippen LogP contribution in [0.3, 0.4) is 0 Å². The van der Waals surface area contributed by atoms with Crippen LogP contribution in [-0.4, -0.2) is 34.4 Å². The number of likely N-dealkylation sites (tertiary alicyclic amines) is 1. The molecule has 0 N–H and O–H groups in total. The molecule has 1 fully saturated rings. The minimum Gasteiger partial charge on any atom is -0.466 e. The van der Waals surface area contributed by atoms with Crippen LogP contribution in [0.5, 0.6) is 5.75 Å². The summed E-state index contributed by atoms with van der Waals surface area (Å²) in [4.78, 5) is 2.54. The Hall–Kier alpha value is -3.11. The number of hydrogen-bond acceptors (Lipinski definition) is 4. The number of benzene rings is 3. The van der Waals surface area contributed by atoms with Gasteiger partial charge >= 0.3 is 0 Å². The second kappa shape index (κ2) is 7.54. The molecular formula is C27H27N3O. The third-order valence-electron chi connectivity index (χ3n) is 6.90. The lowest BCUT2D eigenvalue weighted by Gasteiger charge is -2.51. The zero-order chi connectivity index (χ0) is 20.7. The molecule has 0 saturated carbocycles. The molecule has 0 amide bonds. The van der Waals surface area contributed by atoms with Crippen LogP contribution in [0.15, 0.2) is 90.0 Å². The van der Waals surface area contributed by atoms with Gasteiger partial charge in [0.2, 0.25) is 5.72 Å². The van der Waals surface area contributed by atoms with Gasteiger partial charge in [-0.3, -0.25) is 4.90 Å². The van der Waals surface area contributed by atoms with Gasteiger partial charge in [0.25, 0.3) is 0 Å². The second-order valence-corrected chi connectivity index (χ2v) is 8.83. The molecule has 3 aromatic rings. The van der Waals surface area contributed by atoms with Crippen molar-refractivity contribution in [2.45, 2.75) is 37.6 Å². The highest BCUT2D eigenvalue weighted by molar-refractivity contribution is 6.01. The molecule has 3 heterocycles. The number of hydrazone groups is 1. The minimum absolute atomic E-state index is 0.251. The Kier molecular flexibility index (Phi) is 4.53. The highest BCUT2D eigenvalue weighted by atomic mass is 16.5. The third-order valence-corrected chi connectivity index (χ3v) is 6.90. The number of rotatable bonds is 3. The summed E-state index contributed by atoms with van der Waals surface area (Å²) in [6.45, 7) is 3.02. The van der Waals surface area contributed by atoms with Gasteiger partial charge in [-0.2, -0.15) is 5.10 Å². The molecule has 1 atom stereocenters. The summed E-state index contributed by atoms with van der Waals surface area (Å²) in [7, 11) is 0. The van der Waals surface area contributed by atoms with Crippen molar-refractivity contribution in [2.24, 2.45) is 5.10 Å². The maximum atomic E-state index is 6.75. The Labute approximate surface area is 183 Å². The quantitative estimate of drug-likeness (QED) is 0.593. The lowest BCUT2D eigenvalue weighted by atomic mass is 9.90. The van der Waals surface area contributed by atoms with Crippen LogP contribution in [-0.2, 0) is 6.54 Å². The maximum absolute atomic E-state index is 6.75. The van der Waals surface area contributed by atoms with Gasteiger partial charge in [-0.25, -0.2) is 5.01 Å². The molecule has 3 aromatic carbocycles. The van der Waals surface area contributed by atoms with Crippen LogP contribution >= 0.6 is 0 Å². The number of ether oxygens (including phenoxy) is 1. The van der Waals surface area contributed by atoms with Crippen LogP contribution in [0, 0.1) is 0 Å². The molecule has 0 aromatic heterocycles. The number of hydrogen-bond donors (Lipinski definition) is 0. The average molecular weight is 410 g/mol. The number of fused-ring (bicyclic) bond motifs is 4. The molecule has 156 valence electrons. The van der Waals surface area contributed by atoms with E-state index in [2.05, 4.69) is 94.8 Å². The highest BCUT2D eigenvalue weighted by Crippen LogP contribution is 2.49. The van der Waals surface area contributed by atoms with Crippen LogP contribution in [0.25, 0.3) is 0 Å². The number of nitrogens with zero attached hydrogens (tertiary/aromatic N) is 3. The van der Waals surface area contributed by atoms with E-state index >= 15 is 0 Å². The molecule has 1 saturated heterocycles. The van der Waals surface area contributed by atoms with Crippen molar-refractivity contribution in [2.75, 3.05) is 13.1 Å². The molecule has 31 heavy (non-hydrogen) atoms. The Morgan fingerprint density at radius 2 is 1.52 bits per heavy atom. The van der Waals surface area contributed by atoms with Gasteiger partial charge in [-0.15, -0.1) is 0 Å². The van der Waals surface area contributed by atoms with E-state index in [1.807, 2.05) is 0 Å². The monoisotopic (exact) mass is 409 g/mol. The first-order chi connectivity index (χ1) is 15.3. The maximum Gasteiger partial charge on any atom is 0.200 e. The summed E-state index contributed by atoms with van der Waals surface area (Å²) < 4.78 is 6.75. The molecule has 4 nitrogen and oxygen atoms in total. The summed E-state index contributed by atoms with van der Waals surface area (Å²) in [6.07, 6.45) is 2.84. The van der Waals surface area contributed by atoms with E-state index in [1.54, 1.807) is 0 Å². The van der Waals surface area contributed by atoms with Gasteiger partial charge in [0.15, 0.2) is 0 Å². The van der Waals surface area contributed by atoms with Gasteiger partial charge < -0.3 is 4.74 Å². The first-order valence-electron chi connectivity index (χ1n) is 11.3. The first kappa shape index (κ1) is 18.6. The Bertz CT molecular complexity index is 1090. The summed E-state index contributed by atoms with van der Waals surface area (Å²) in [6, 6.07) is 30.1. The molecular weight excluding hydrogens is 382 g/mol. The Morgan fingerprint density at radius 1 is 0.839 bits per heavy atom. The predicted octanol–water partition coefficient (Wildman–Crippen LogP) is 5.22. The topological polar surface area (TPSA) is 28.1 Å². The van der Waals surface area contributed by atoms with Crippen molar-refractivity contribution in [1.82, 2.24) is 9.91 Å². The molecule has 0 radical (unpaired) electrons. The molecule has 3 aliphatic heterocycles. The Morgan fingerprint density at radius 3 is 2.29 bits per heavy atom. The molecule has 1 spiro atoms. The number of piperidine rings is 1. The molecule has 0 aliphatic carbocycles. The SMILES string of the molecule is c1ccc(CN2CCC3(CC2)Oc2ccccc2C2CC(c4ccccc4)=NN23)cc1. The van der Waals surface area contributed by atoms with Gasteiger partial charge in [-0.05, 0) is 17.2 Å². The summed E-state index contributed by atoms with van der Waals surface area (Å²) in [5.41, 5.74) is 4.65. The first-order valence-corrected chi connectivity index (χ1v) is 11.3. The standard InChI is InChI=1S/C27H27N3O/c1-3-9-21(10-4-1)20-29-17-15-27(16-18-29)30-25(23-13-7-8-14-26(23)31-27)19-24(28-30)22-11-5-2-6-12-22/h1-14,25H,15-20H2. The fourth-order valence-electron chi connectivity index (χ4n) is 5.27. The summed E-state index contributed by atoms with van der Waals surface area (Å²) >= 11 is 0. The lowest BCUT2D eigenvalue weighted by molar-refractivity contribution is -0.150. The third kappa shape index (κ3) is 3.31. The molecule has 3 aliphatic rings. The molecule has 6 rings (SSSR count). The smallest absolute Gasteiger partial charge is 0.200 e. The molecule has 4 heteroatoms. The van der Waals surface area contributed by atoms with Crippen LogP contribution < -0.4 is 4.74 Å². The summed E-state index contributed by atoms with van der Waals surface area (Å²) in [5.74, 6) is 1.03. The highest BCUT2D eigenvalue weighted by Gasteiger charge is 2.51. The number of para-hydroxylation sites is 1. The van der Waals surface area contributed by atoms with Crippen molar-refractivity contribution in [3.8, 4) is 5.75 Å². The van der Waals surface area contributed by atoms with Gasteiger partial charge in [0, 0.05) is 44.5 Å². The van der Waals surface area contributed by atoms with Crippen molar-refractivity contribution in [3.63, 3.8) is 0 Å². The van der Waals surface area contributed by atoms with Crippen LogP contribution in [0.4, 0.5) is 0 Å². The van der Waals surface area contributed by atoms with Crippen molar-refractivity contribution in [1.29, 1.82) is 0 Å². The Balaban J connectivity index is 1.29. The predicted molar refractivity (Wildman–Crippen MR) is 123 cm³/mol. The van der Waals surface area contributed by atoms with E-state index < -0.39 is 0 Å². The zero-order valence-corrected chi connectivity index (χ0v) is 17.7. The molecule has 1 unspecified atom stereocenters. The minimum atomic E-state index is -0.358. The lowest BCUT2D eigenvalue weighted by Crippen LogP contribution is -2.59. The fourth-order valence-corrected chi connectivity index (χ4v) is 5.27. The van der Waals surface area contributed by atoms with E-state index in [4.69, 9.17) is 9.84 Å². The van der Waals surface area contributed by atoms with Crippen molar-refractivity contribution >= 4 is 5.71 Å². The normalized spacial score (nSPS) is 21.9. The van der Waals surface area contributed by atoms with Crippen LogP contribution in [0.2, 0.25) is 0 Å². The molecule has 0 bridgehead atoms. The zero-order valence-electron chi connectivity index (χ0n) is 17.7. The van der Waals surface area contributed by atoms with E-state index in [-0.39, 0.29) is 11.8 Å². The van der Waals surface area contributed by atoms with E-state index in [9.17, 15) is 0 Å². The van der Waals surface area contributed by atoms with E-state index in [1.165, 1.54) is 16.7 Å². The van der Waals surface area contributed by atoms with E-state index in [0.29, 0.717) is 0 Å². The van der Waals surface area contributed by atoms with Crippen LogP contribution in [0.1, 0.15) is 42.0 Å².